The summed E-state index contributed by atoms with van der Waals surface area (Å²) in [7, 11) is 0. The van der Waals surface area contributed by atoms with Gasteiger partial charge in [0.05, 0.1) is 33.5 Å². The van der Waals surface area contributed by atoms with Crippen molar-refractivity contribution in [2.24, 2.45) is 0 Å². The number of nitrogens with one attached hydrogen (secondary N) is 1. The molecule has 0 unspecified atom stereocenters. The lowest BCUT2D eigenvalue weighted by Crippen LogP contribution is -2.27. The van der Waals surface area contributed by atoms with E-state index in [1.54, 1.807) is 6.92 Å². The van der Waals surface area contributed by atoms with E-state index in [1.807, 2.05) is 0 Å². The molecule has 1 N–H and O–H groups in total. The van der Waals surface area contributed by atoms with Crippen molar-refractivity contribution in [1.82, 2.24) is 9.78 Å². The van der Waals surface area contributed by atoms with Crippen molar-refractivity contribution in [2.75, 3.05) is 11.9 Å². The Labute approximate surface area is 184 Å². The fourth-order valence-corrected chi connectivity index (χ4v) is 2.86. The van der Waals surface area contributed by atoms with Crippen molar-refractivity contribution < 1.29 is 23.6 Å². The normalized spacial score (nSPS) is 10.5. The van der Waals surface area contributed by atoms with Crippen molar-refractivity contribution >= 4 is 34.9 Å². The van der Waals surface area contributed by atoms with Crippen LogP contribution < -0.4 is 10.9 Å². The molecular weight excluding hydrogens is 447 g/mol. The number of esters is 1. The van der Waals surface area contributed by atoms with E-state index in [4.69, 9.17) is 16.3 Å². The van der Waals surface area contributed by atoms with Crippen LogP contribution in [0.15, 0.2) is 53.3 Å². The van der Waals surface area contributed by atoms with Crippen LogP contribution in [-0.4, -0.2) is 33.2 Å². The number of rotatable bonds is 6. The second kappa shape index (κ2) is 9.35. The number of carbonyl (C=O) groups is 2. The molecule has 1 aromatic heterocycles. The highest BCUT2D eigenvalue weighted by Gasteiger charge is 2.22. The third-order valence-corrected chi connectivity index (χ3v) is 4.45. The second-order valence-electron chi connectivity index (χ2n) is 6.23. The first-order valence-electron chi connectivity index (χ1n) is 9.04. The van der Waals surface area contributed by atoms with E-state index < -0.39 is 33.9 Å². The lowest BCUT2D eigenvalue weighted by Gasteiger charge is -2.13. The Hall–Kier alpha value is -4.12. The molecule has 0 radical (unpaired) electrons. The number of anilines is 1. The van der Waals surface area contributed by atoms with E-state index >= 15 is 0 Å². The van der Waals surface area contributed by atoms with Crippen molar-refractivity contribution in [3.63, 3.8) is 0 Å². The Morgan fingerprint density at radius 2 is 1.91 bits per heavy atom. The van der Waals surface area contributed by atoms with E-state index in [0.29, 0.717) is 0 Å². The average Bonchev–Trinajstić information content (AvgIpc) is 2.75. The smallest absolute Gasteiger partial charge is 0.360 e. The first-order chi connectivity index (χ1) is 15.2. The van der Waals surface area contributed by atoms with Gasteiger partial charge < -0.3 is 10.1 Å². The number of ether oxygens (including phenoxy) is 1. The zero-order valence-electron chi connectivity index (χ0n) is 16.4. The minimum Gasteiger partial charge on any atom is -0.461 e. The summed E-state index contributed by atoms with van der Waals surface area (Å²) >= 11 is 5.98. The summed E-state index contributed by atoms with van der Waals surface area (Å²) in [6.07, 6.45) is 0. The van der Waals surface area contributed by atoms with Gasteiger partial charge in [-0.25, -0.2) is 9.18 Å². The fraction of sp³-hybridized carbons (Fsp3) is 0.100. The highest BCUT2D eigenvalue weighted by atomic mass is 35.5. The van der Waals surface area contributed by atoms with Gasteiger partial charge in [0.1, 0.15) is 5.82 Å². The number of non-ortho nitro benzene ring substituents is 1. The third kappa shape index (κ3) is 4.78. The molecule has 0 fully saturated rings. The Kier molecular flexibility index (Phi) is 6.59. The summed E-state index contributed by atoms with van der Waals surface area (Å²) in [6, 6.07) is 8.93. The van der Waals surface area contributed by atoms with Crippen LogP contribution >= 0.6 is 11.6 Å². The maximum absolute atomic E-state index is 13.2. The number of carbonyl (C=O) groups excluding carboxylic acids is 2. The number of hydrogen-bond acceptors (Lipinski definition) is 7. The molecule has 10 nitrogen and oxygen atoms in total. The van der Waals surface area contributed by atoms with Crippen molar-refractivity contribution in [3.8, 4) is 5.69 Å². The van der Waals surface area contributed by atoms with Crippen LogP contribution in [0.25, 0.3) is 5.69 Å². The number of amides is 1. The zero-order chi connectivity index (χ0) is 23.4. The Balaban J connectivity index is 2.06. The topological polar surface area (TPSA) is 133 Å². The van der Waals surface area contributed by atoms with Gasteiger partial charge in [-0.2, -0.15) is 9.78 Å². The van der Waals surface area contributed by atoms with Gasteiger partial charge in [-0.1, -0.05) is 11.6 Å². The van der Waals surface area contributed by atoms with E-state index in [-0.39, 0.29) is 34.3 Å². The van der Waals surface area contributed by atoms with Gasteiger partial charge >= 0.3 is 5.97 Å². The molecule has 0 aliphatic carbocycles. The summed E-state index contributed by atoms with van der Waals surface area (Å²) in [6.45, 7) is 1.54. The van der Waals surface area contributed by atoms with Crippen LogP contribution in [0.5, 0.6) is 0 Å². The van der Waals surface area contributed by atoms with Gasteiger partial charge in [-0.3, -0.25) is 19.7 Å². The van der Waals surface area contributed by atoms with Gasteiger partial charge in [0.15, 0.2) is 5.69 Å². The van der Waals surface area contributed by atoms with E-state index in [0.717, 1.165) is 35.0 Å². The van der Waals surface area contributed by atoms with Crippen molar-refractivity contribution in [2.45, 2.75) is 6.92 Å². The van der Waals surface area contributed by atoms with Gasteiger partial charge in [-0.15, -0.1) is 0 Å². The predicted molar refractivity (Wildman–Crippen MR) is 112 cm³/mol. The molecule has 164 valence electrons. The lowest BCUT2D eigenvalue weighted by molar-refractivity contribution is -0.384. The highest BCUT2D eigenvalue weighted by Crippen LogP contribution is 2.24. The van der Waals surface area contributed by atoms with Crippen molar-refractivity contribution in [3.05, 3.63) is 91.1 Å². The maximum Gasteiger partial charge on any atom is 0.360 e. The number of halogens is 2. The van der Waals surface area contributed by atoms with E-state index in [1.165, 1.54) is 18.2 Å². The molecule has 12 heteroatoms. The van der Waals surface area contributed by atoms with Crippen LogP contribution in [-0.2, 0) is 4.74 Å². The number of benzene rings is 2. The maximum atomic E-state index is 13.2. The first-order valence-corrected chi connectivity index (χ1v) is 9.41. The van der Waals surface area contributed by atoms with Gasteiger partial charge in [0.25, 0.3) is 17.2 Å². The van der Waals surface area contributed by atoms with Crippen LogP contribution in [0.2, 0.25) is 5.02 Å². The summed E-state index contributed by atoms with van der Waals surface area (Å²) in [4.78, 5) is 48.0. The number of hydrogen-bond donors (Lipinski definition) is 1. The summed E-state index contributed by atoms with van der Waals surface area (Å²) in [5, 5.41) is 17.2. The molecule has 32 heavy (non-hydrogen) atoms. The van der Waals surface area contributed by atoms with Gasteiger partial charge in [0.2, 0.25) is 0 Å². The largest absolute Gasteiger partial charge is 0.461 e. The fourth-order valence-electron chi connectivity index (χ4n) is 2.66. The van der Waals surface area contributed by atoms with Crippen LogP contribution in [0.3, 0.4) is 0 Å². The van der Waals surface area contributed by atoms with Crippen LogP contribution in [0.4, 0.5) is 15.8 Å². The number of nitrogens with zero attached hydrogens (tertiary/aromatic N) is 3. The van der Waals surface area contributed by atoms with Crippen LogP contribution in [0.1, 0.15) is 27.8 Å². The van der Waals surface area contributed by atoms with E-state index in [2.05, 4.69) is 10.4 Å². The lowest BCUT2D eigenvalue weighted by atomic mass is 10.1. The molecule has 3 rings (SSSR count). The number of aromatic nitrogens is 2. The molecule has 0 saturated heterocycles. The molecule has 0 saturated carbocycles. The molecule has 1 amide bonds. The second-order valence-corrected chi connectivity index (χ2v) is 6.64. The van der Waals surface area contributed by atoms with Gasteiger partial charge in [0, 0.05) is 18.2 Å². The Morgan fingerprint density at radius 1 is 1.22 bits per heavy atom. The number of nitro benzene ring substituents is 1. The SMILES string of the molecule is CCOC(=O)c1nn(-c2ccc(F)cc2)c(=O)cc1NC(=O)c1cc([N+](=O)[O-])ccc1Cl. The Morgan fingerprint density at radius 3 is 2.53 bits per heavy atom. The quantitative estimate of drug-likeness (QED) is 0.338. The third-order valence-electron chi connectivity index (χ3n) is 4.13. The molecule has 0 atom stereocenters. The summed E-state index contributed by atoms with van der Waals surface area (Å²) in [5.41, 5.74) is -1.91. The monoisotopic (exact) mass is 460 g/mol. The van der Waals surface area contributed by atoms with Crippen LogP contribution in [0, 0.1) is 15.9 Å². The Bertz CT molecular complexity index is 1280. The minimum atomic E-state index is -0.941. The average molecular weight is 461 g/mol. The molecular formula is C20H14ClFN4O6. The molecule has 0 bridgehead atoms. The molecule has 0 spiro atoms. The molecule has 0 aliphatic rings. The highest BCUT2D eigenvalue weighted by molar-refractivity contribution is 6.34. The zero-order valence-corrected chi connectivity index (χ0v) is 17.1. The molecule has 1 heterocycles. The van der Waals surface area contributed by atoms with E-state index in [9.17, 15) is 28.9 Å². The first kappa shape index (κ1) is 22.6. The number of nitro groups is 1. The van der Waals surface area contributed by atoms with Crippen molar-refractivity contribution in [1.29, 1.82) is 0 Å². The molecule has 0 aliphatic heterocycles. The summed E-state index contributed by atoms with van der Waals surface area (Å²) in [5.74, 6) is -2.39. The molecule has 3 aromatic rings. The minimum absolute atomic E-state index is 0.0136. The summed E-state index contributed by atoms with van der Waals surface area (Å²) < 4.78 is 19.0. The molecule has 2 aromatic carbocycles. The van der Waals surface area contributed by atoms with Gasteiger partial charge in [-0.05, 0) is 37.3 Å². The standard InChI is InChI=1S/C20H14ClFN4O6/c1-2-32-20(29)18-16(10-17(27)25(24-18)12-5-3-11(22)4-6-12)23-19(28)14-9-13(26(30)31)7-8-15(14)21/h3-10H,2H2,1H3,(H,23,28). The predicted octanol–water partition coefficient (Wildman–Crippen LogP) is 3.36.